The molecule has 1 heterocycles. The van der Waals surface area contributed by atoms with Gasteiger partial charge in [0.1, 0.15) is 10.8 Å². The van der Waals surface area contributed by atoms with Gasteiger partial charge < -0.3 is 15.2 Å². The molecular weight excluding hydrogens is 397 g/mol. The maximum atomic E-state index is 12.9. The third-order valence-electron chi connectivity index (χ3n) is 3.28. The Morgan fingerprint density at radius 1 is 1.44 bits per heavy atom. The van der Waals surface area contributed by atoms with E-state index in [9.17, 15) is 28.1 Å². The first kappa shape index (κ1) is 20.3. The van der Waals surface area contributed by atoms with Crippen molar-refractivity contribution in [2.45, 2.75) is 19.2 Å². The lowest BCUT2D eigenvalue weighted by Gasteiger charge is -2.12. The van der Waals surface area contributed by atoms with E-state index >= 15 is 0 Å². The van der Waals surface area contributed by atoms with Crippen LogP contribution in [0.3, 0.4) is 0 Å². The maximum absolute atomic E-state index is 12.9. The second kappa shape index (κ2) is 7.31. The summed E-state index contributed by atoms with van der Waals surface area (Å²) in [6.07, 6.45) is -5.96. The second-order valence-electron chi connectivity index (χ2n) is 5.24. The molecule has 0 aliphatic rings. The van der Waals surface area contributed by atoms with Crippen molar-refractivity contribution in [3.8, 4) is 17.4 Å². The van der Waals surface area contributed by atoms with E-state index in [1.54, 1.807) is 0 Å². The molecule has 1 atom stereocenters. The highest BCUT2D eigenvalue weighted by molar-refractivity contribution is 6.32. The lowest BCUT2D eigenvalue weighted by molar-refractivity contribution is -0.386. The fraction of sp³-hybridized carbons (Fsp3) is 0.286. The summed E-state index contributed by atoms with van der Waals surface area (Å²) in [6.45, 7) is 1.27. The van der Waals surface area contributed by atoms with Crippen molar-refractivity contribution in [3.63, 3.8) is 0 Å². The average Bonchev–Trinajstić information content (AvgIpc) is 2.80. The molecule has 9 nitrogen and oxygen atoms in total. The molecule has 146 valence electrons. The number of halogens is 4. The van der Waals surface area contributed by atoms with Crippen molar-refractivity contribution < 1.29 is 32.4 Å². The Balaban J connectivity index is 2.41. The lowest BCUT2D eigenvalue weighted by Crippen LogP contribution is -2.30. The van der Waals surface area contributed by atoms with Gasteiger partial charge in [-0.2, -0.15) is 13.2 Å². The van der Waals surface area contributed by atoms with Gasteiger partial charge in [-0.25, -0.2) is 0 Å². The van der Waals surface area contributed by atoms with Crippen LogP contribution in [0.2, 0.25) is 5.02 Å². The second-order valence-corrected chi connectivity index (χ2v) is 5.62. The molecule has 2 N–H and O–H groups in total. The summed E-state index contributed by atoms with van der Waals surface area (Å²) in [7, 11) is 1.03. The van der Waals surface area contributed by atoms with Crippen LogP contribution < -0.4 is 15.2 Å². The van der Waals surface area contributed by atoms with E-state index in [0.29, 0.717) is 4.68 Å². The monoisotopic (exact) mass is 408 g/mol. The summed E-state index contributed by atoms with van der Waals surface area (Å²) in [5, 5.41) is 13.8. The molecular formula is C14H12ClF3N4O5. The Bertz CT molecular complexity index is 900. The number of amides is 1. The molecule has 2 aromatic rings. The quantitative estimate of drug-likeness (QED) is 0.579. The summed E-state index contributed by atoms with van der Waals surface area (Å²) in [5.74, 6) is -1.96. The van der Waals surface area contributed by atoms with Gasteiger partial charge in [0.2, 0.25) is 5.75 Å². The number of primary amides is 1. The topological polar surface area (TPSA) is 123 Å². The first-order valence-corrected chi connectivity index (χ1v) is 7.51. The Morgan fingerprint density at radius 2 is 2.07 bits per heavy atom. The van der Waals surface area contributed by atoms with Crippen LogP contribution in [0.25, 0.3) is 0 Å². The van der Waals surface area contributed by atoms with Gasteiger partial charge in [0.15, 0.2) is 11.8 Å². The standard InChI is InChI=1S/C14H12ClF3N4O5/c1-6(12(19)23)26-9-5-7(3-4-8(9)22(24)25)27-13-10(15)11(14(16,17)18)21(2)20-13/h3-6H,1-2H3,(H2,19,23)/t6-/m1/s1. The number of carbonyl (C=O) groups is 1. The smallest absolute Gasteiger partial charge is 0.434 e. The highest BCUT2D eigenvalue weighted by atomic mass is 35.5. The Kier molecular flexibility index (Phi) is 5.49. The molecule has 0 fully saturated rings. The van der Waals surface area contributed by atoms with Gasteiger partial charge in [-0.1, -0.05) is 11.6 Å². The van der Waals surface area contributed by atoms with E-state index in [4.69, 9.17) is 26.8 Å². The van der Waals surface area contributed by atoms with Gasteiger partial charge in [0.05, 0.1) is 4.92 Å². The minimum Gasteiger partial charge on any atom is -0.474 e. The summed E-state index contributed by atoms with van der Waals surface area (Å²) in [5.41, 5.74) is 3.33. The third-order valence-corrected chi connectivity index (χ3v) is 3.62. The van der Waals surface area contributed by atoms with Crippen molar-refractivity contribution in [2.75, 3.05) is 0 Å². The average molecular weight is 409 g/mol. The van der Waals surface area contributed by atoms with Crippen molar-refractivity contribution in [3.05, 3.63) is 39.0 Å². The van der Waals surface area contributed by atoms with Crippen molar-refractivity contribution in [2.24, 2.45) is 12.8 Å². The van der Waals surface area contributed by atoms with E-state index in [-0.39, 0.29) is 11.5 Å². The molecule has 0 saturated heterocycles. The first-order valence-electron chi connectivity index (χ1n) is 7.13. The fourth-order valence-electron chi connectivity index (χ4n) is 2.01. The van der Waals surface area contributed by atoms with Gasteiger partial charge in [-0.05, 0) is 13.0 Å². The van der Waals surface area contributed by atoms with E-state index in [0.717, 1.165) is 25.2 Å². The molecule has 0 radical (unpaired) electrons. The van der Waals surface area contributed by atoms with Crippen LogP contribution >= 0.6 is 11.6 Å². The summed E-state index contributed by atoms with van der Waals surface area (Å²) < 4.78 is 49.7. The highest BCUT2D eigenvalue weighted by Crippen LogP contribution is 2.41. The van der Waals surface area contributed by atoms with Gasteiger partial charge in [0, 0.05) is 19.2 Å². The maximum Gasteiger partial charge on any atom is 0.434 e. The van der Waals surface area contributed by atoms with Crippen molar-refractivity contribution in [1.29, 1.82) is 0 Å². The number of nitro benzene ring substituents is 1. The number of nitrogens with zero attached hydrogens (tertiary/aromatic N) is 3. The number of aromatic nitrogens is 2. The Labute approximate surface area is 154 Å². The number of alkyl halides is 3. The van der Waals surface area contributed by atoms with Crippen LogP contribution in [0.5, 0.6) is 17.4 Å². The minimum absolute atomic E-state index is 0.152. The molecule has 0 unspecified atom stereocenters. The molecule has 0 spiro atoms. The minimum atomic E-state index is -4.76. The van der Waals surface area contributed by atoms with Crippen LogP contribution in [-0.4, -0.2) is 26.7 Å². The normalized spacial score (nSPS) is 12.5. The van der Waals surface area contributed by atoms with Gasteiger partial charge >= 0.3 is 11.9 Å². The molecule has 0 aliphatic heterocycles. The number of rotatable bonds is 6. The molecule has 0 saturated carbocycles. The fourth-order valence-corrected chi connectivity index (χ4v) is 2.32. The van der Waals surface area contributed by atoms with Gasteiger partial charge in [-0.15, -0.1) is 5.10 Å². The molecule has 0 aliphatic carbocycles. The predicted molar refractivity (Wildman–Crippen MR) is 85.7 cm³/mol. The van der Waals surface area contributed by atoms with Gasteiger partial charge in [0.25, 0.3) is 11.8 Å². The van der Waals surface area contributed by atoms with E-state index in [1.807, 2.05) is 0 Å². The van der Waals surface area contributed by atoms with E-state index in [2.05, 4.69) is 5.10 Å². The number of ether oxygens (including phenoxy) is 2. The number of carbonyl (C=O) groups excluding carboxylic acids is 1. The first-order chi connectivity index (χ1) is 12.4. The lowest BCUT2D eigenvalue weighted by atomic mass is 10.2. The highest BCUT2D eigenvalue weighted by Gasteiger charge is 2.39. The third kappa shape index (κ3) is 4.39. The van der Waals surface area contributed by atoms with E-state index < -0.39 is 45.4 Å². The molecule has 13 heteroatoms. The van der Waals surface area contributed by atoms with Crippen LogP contribution in [0.15, 0.2) is 18.2 Å². The van der Waals surface area contributed by atoms with Crippen LogP contribution in [0, 0.1) is 10.1 Å². The summed E-state index contributed by atoms with van der Waals surface area (Å²) in [6, 6.07) is 3.11. The zero-order valence-corrected chi connectivity index (χ0v) is 14.5. The van der Waals surface area contributed by atoms with Crippen LogP contribution in [-0.2, 0) is 18.0 Å². The Morgan fingerprint density at radius 3 is 2.56 bits per heavy atom. The van der Waals surface area contributed by atoms with Crippen LogP contribution in [0.4, 0.5) is 18.9 Å². The molecule has 1 aromatic carbocycles. The van der Waals surface area contributed by atoms with Crippen molar-refractivity contribution in [1.82, 2.24) is 9.78 Å². The van der Waals surface area contributed by atoms with Gasteiger partial charge in [-0.3, -0.25) is 19.6 Å². The molecule has 27 heavy (non-hydrogen) atoms. The number of nitro groups is 1. The SMILES string of the molecule is C[C@@H](Oc1cc(Oc2nn(C)c(C(F)(F)F)c2Cl)ccc1[N+](=O)[O-])C(N)=O. The van der Waals surface area contributed by atoms with Crippen LogP contribution in [0.1, 0.15) is 12.6 Å². The number of aryl methyl sites for hydroxylation is 1. The number of nitrogens with two attached hydrogens (primary N) is 1. The number of hydrogen-bond acceptors (Lipinski definition) is 6. The molecule has 1 aromatic heterocycles. The van der Waals surface area contributed by atoms with E-state index in [1.165, 1.54) is 6.92 Å². The summed E-state index contributed by atoms with van der Waals surface area (Å²) >= 11 is 5.68. The number of hydrogen-bond donors (Lipinski definition) is 1. The largest absolute Gasteiger partial charge is 0.474 e. The zero-order valence-electron chi connectivity index (χ0n) is 13.8. The molecule has 1 amide bonds. The number of benzene rings is 1. The van der Waals surface area contributed by atoms with Crippen molar-refractivity contribution >= 4 is 23.2 Å². The molecule has 2 rings (SSSR count). The molecule has 0 bridgehead atoms. The Hall–Kier alpha value is -3.02. The predicted octanol–water partition coefficient (Wildman–Crippen LogP) is 3.05. The zero-order chi connectivity index (χ0) is 20.5. The summed E-state index contributed by atoms with van der Waals surface area (Å²) in [4.78, 5) is 21.4.